The van der Waals surface area contributed by atoms with Crippen LogP contribution in [0.1, 0.15) is 5.56 Å². The fourth-order valence-electron chi connectivity index (χ4n) is 3.57. The summed E-state index contributed by atoms with van der Waals surface area (Å²) in [6.45, 7) is 0. The minimum absolute atomic E-state index is 0.0133. The molecule has 0 aromatic heterocycles. The smallest absolute Gasteiger partial charge is 0.252 e. The molecule has 2 atom stereocenters. The fourth-order valence-corrected chi connectivity index (χ4v) is 7.67. The van der Waals surface area contributed by atoms with Gasteiger partial charge in [0.15, 0.2) is 15.0 Å². The molecule has 0 saturated carbocycles. The molecule has 158 valence electrons. The lowest BCUT2D eigenvalue weighted by Crippen LogP contribution is -2.37. The maximum atomic E-state index is 13.6. The zero-order valence-corrected chi connectivity index (χ0v) is 18.3. The summed E-state index contributed by atoms with van der Waals surface area (Å²) in [6.07, 6.45) is 0.0969. The number of amides is 1. The zero-order chi connectivity index (χ0) is 21.5. The molecule has 0 N–H and O–H groups in total. The summed E-state index contributed by atoms with van der Waals surface area (Å²) >= 11 is 7.19. The number of hydrogen-bond acceptors (Lipinski definition) is 5. The average Bonchev–Trinajstić information content (AvgIpc) is 3.15. The predicted octanol–water partition coefficient (Wildman–Crippen LogP) is 3.33. The Hall–Kier alpha value is -2.10. The lowest BCUT2D eigenvalue weighted by molar-refractivity contribution is -0.117. The lowest BCUT2D eigenvalue weighted by Gasteiger charge is -2.24. The van der Waals surface area contributed by atoms with Crippen LogP contribution in [0.3, 0.4) is 0 Å². The van der Waals surface area contributed by atoms with Crippen LogP contribution in [0, 0.1) is 5.82 Å². The number of carbonyl (C=O) groups is 1. The molecule has 2 aliphatic heterocycles. The molecule has 2 aliphatic rings. The van der Waals surface area contributed by atoms with Crippen LogP contribution in [0.2, 0.25) is 5.02 Å². The largest absolute Gasteiger partial charge is 0.497 e. The predicted molar refractivity (Wildman–Crippen MR) is 117 cm³/mol. The Morgan fingerprint density at radius 3 is 2.67 bits per heavy atom. The summed E-state index contributed by atoms with van der Waals surface area (Å²) in [5.41, 5.74) is 1.29. The van der Waals surface area contributed by atoms with E-state index in [4.69, 9.17) is 16.3 Å². The van der Waals surface area contributed by atoms with Gasteiger partial charge < -0.3 is 9.64 Å². The molecule has 2 aromatic rings. The molecule has 0 bridgehead atoms. The van der Waals surface area contributed by atoms with Gasteiger partial charge in [0.25, 0.3) is 5.91 Å². The van der Waals surface area contributed by atoms with Crippen LogP contribution in [0.25, 0.3) is 0 Å². The first-order chi connectivity index (χ1) is 14.3. The second-order valence-corrected chi connectivity index (χ2v) is 10.8. The second-order valence-electron chi connectivity index (χ2n) is 7.08. The van der Waals surface area contributed by atoms with Crippen LogP contribution in [0.15, 0.2) is 47.5 Å². The summed E-state index contributed by atoms with van der Waals surface area (Å²) < 4.78 is 43.0. The number of halogens is 2. The van der Waals surface area contributed by atoms with Gasteiger partial charge in [0.2, 0.25) is 0 Å². The van der Waals surface area contributed by atoms with Crippen molar-refractivity contribution in [1.82, 2.24) is 0 Å². The van der Waals surface area contributed by atoms with Crippen molar-refractivity contribution in [2.24, 2.45) is 4.99 Å². The van der Waals surface area contributed by atoms with E-state index in [1.807, 2.05) is 0 Å². The van der Waals surface area contributed by atoms with Gasteiger partial charge in [0.05, 0.1) is 36.1 Å². The Kier molecular flexibility index (Phi) is 5.78. The standard InChI is InChI=1S/C20H18ClFN2O4S2/c1-28-14-5-2-12(3-6-14)8-19(25)23-20-24(13-4-7-16(22)15(21)9-13)17-10-30(26,27)11-18(17)29-20/h2-7,9,17-18H,8,10-11H2,1H3/t17-,18+/m0/s1. The van der Waals surface area contributed by atoms with E-state index in [9.17, 15) is 17.6 Å². The maximum absolute atomic E-state index is 13.6. The van der Waals surface area contributed by atoms with Gasteiger partial charge in [-0.15, -0.1) is 0 Å². The number of carbonyl (C=O) groups excluding carboxylic acids is 1. The van der Waals surface area contributed by atoms with Crippen LogP contribution in [-0.4, -0.2) is 49.4 Å². The molecule has 0 aliphatic carbocycles. The monoisotopic (exact) mass is 468 g/mol. The summed E-state index contributed by atoms with van der Waals surface area (Å²) in [5, 5.41) is 0.0816. The molecule has 6 nitrogen and oxygen atoms in total. The van der Waals surface area contributed by atoms with E-state index in [1.54, 1.807) is 36.3 Å². The van der Waals surface area contributed by atoms with Crippen molar-refractivity contribution in [2.45, 2.75) is 17.7 Å². The number of fused-ring (bicyclic) bond motifs is 1. The number of amidine groups is 1. The van der Waals surface area contributed by atoms with Crippen molar-refractivity contribution in [3.63, 3.8) is 0 Å². The Balaban J connectivity index is 1.62. The SMILES string of the molecule is COc1ccc(CC(=O)N=C2S[C@@H]3CS(=O)(=O)C[C@@H]3N2c2ccc(F)c(Cl)c2)cc1. The molecular weight excluding hydrogens is 451 g/mol. The Labute approximate surface area is 183 Å². The number of thioether (sulfide) groups is 1. The Morgan fingerprint density at radius 2 is 2.00 bits per heavy atom. The highest BCUT2D eigenvalue weighted by molar-refractivity contribution is 8.16. The van der Waals surface area contributed by atoms with Gasteiger partial charge in [-0.2, -0.15) is 4.99 Å². The number of hydrogen-bond donors (Lipinski definition) is 0. The maximum Gasteiger partial charge on any atom is 0.252 e. The first-order valence-electron chi connectivity index (χ1n) is 9.11. The molecule has 4 rings (SSSR count). The zero-order valence-electron chi connectivity index (χ0n) is 15.9. The number of aliphatic imine (C=N–C) groups is 1. The molecule has 0 unspecified atom stereocenters. The minimum atomic E-state index is -3.19. The van der Waals surface area contributed by atoms with Gasteiger partial charge in [0.1, 0.15) is 11.6 Å². The third kappa shape index (κ3) is 4.33. The van der Waals surface area contributed by atoms with Crippen LogP contribution in [0.5, 0.6) is 5.75 Å². The van der Waals surface area contributed by atoms with Gasteiger partial charge in [-0.25, -0.2) is 12.8 Å². The Morgan fingerprint density at radius 1 is 1.27 bits per heavy atom. The quantitative estimate of drug-likeness (QED) is 0.685. The number of nitrogens with zero attached hydrogens (tertiary/aromatic N) is 2. The van der Waals surface area contributed by atoms with E-state index >= 15 is 0 Å². The third-order valence-electron chi connectivity index (χ3n) is 4.98. The van der Waals surface area contributed by atoms with Crippen molar-refractivity contribution in [3.8, 4) is 5.75 Å². The molecule has 30 heavy (non-hydrogen) atoms. The van der Waals surface area contributed by atoms with Crippen LogP contribution < -0.4 is 9.64 Å². The number of methoxy groups -OCH3 is 1. The van der Waals surface area contributed by atoms with Gasteiger partial charge in [-0.05, 0) is 35.9 Å². The van der Waals surface area contributed by atoms with Gasteiger partial charge in [-0.1, -0.05) is 35.5 Å². The van der Waals surface area contributed by atoms with Crippen molar-refractivity contribution >= 4 is 50.0 Å². The highest BCUT2D eigenvalue weighted by Crippen LogP contribution is 2.41. The molecular formula is C20H18ClFN2O4S2. The van der Waals surface area contributed by atoms with Gasteiger partial charge in [-0.3, -0.25) is 4.79 Å². The number of sulfone groups is 1. The summed E-state index contributed by atoms with van der Waals surface area (Å²) in [5.74, 6) is -0.275. The van der Waals surface area contributed by atoms with Crippen molar-refractivity contribution in [2.75, 3.05) is 23.5 Å². The summed E-state index contributed by atoms with van der Waals surface area (Å²) in [6, 6.07) is 10.9. The normalized spacial score (nSPS) is 23.6. The molecule has 2 saturated heterocycles. The number of rotatable bonds is 4. The van der Waals surface area contributed by atoms with E-state index in [-0.39, 0.29) is 40.1 Å². The van der Waals surface area contributed by atoms with Crippen molar-refractivity contribution in [1.29, 1.82) is 0 Å². The van der Waals surface area contributed by atoms with E-state index in [0.29, 0.717) is 16.6 Å². The first-order valence-corrected chi connectivity index (χ1v) is 12.2. The highest BCUT2D eigenvalue weighted by Gasteiger charge is 2.49. The molecule has 1 amide bonds. The Bertz CT molecular complexity index is 1120. The number of benzene rings is 2. The molecule has 2 aromatic carbocycles. The third-order valence-corrected chi connectivity index (χ3v) is 8.48. The molecule has 2 heterocycles. The average molecular weight is 469 g/mol. The number of anilines is 1. The van der Waals surface area contributed by atoms with E-state index in [1.165, 1.54) is 30.0 Å². The number of ether oxygens (including phenoxy) is 1. The van der Waals surface area contributed by atoms with Gasteiger partial charge >= 0.3 is 0 Å². The molecule has 10 heteroatoms. The summed E-state index contributed by atoms with van der Waals surface area (Å²) in [7, 11) is -1.63. The van der Waals surface area contributed by atoms with Crippen molar-refractivity contribution in [3.05, 3.63) is 58.9 Å². The molecule has 0 radical (unpaired) electrons. The summed E-state index contributed by atoms with van der Waals surface area (Å²) in [4.78, 5) is 18.6. The molecule has 2 fully saturated rings. The first kappa shape index (κ1) is 21.1. The van der Waals surface area contributed by atoms with E-state index in [0.717, 1.165) is 5.56 Å². The second kappa shape index (κ2) is 8.20. The lowest BCUT2D eigenvalue weighted by atomic mass is 10.1. The van der Waals surface area contributed by atoms with Crippen molar-refractivity contribution < 1.29 is 22.3 Å². The molecule has 0 spiro atoms. The van der Waals surface area contributed by atoms with Crippen LogP contribution >= 0.6 is 23.4 Å². The van der Waals surface area contributed by atoms with Gasteiger partial charge in [0, 0.05) is 10.9 Å². The topological polar surface area (TPSA) is 76.0 Å². The fraction of sp³-hybridized carbons (Fsp3) is 0.300. The highest BCUT2D eigenvalue weighted by atomic mass is 35.5. The van der Waals surface area contributed by atoms with Crippen LogP contribution in [0.4, 0.5) is 10.1 Å². The van der Waals surface area contributed by atoms with Crippen LogP contribution in [-0.2, 0) is 21.1 Å². The van der Waals surface area contributed by atoms with E-state index < -0.39 is 15.7 Å². The van der Waals surface area contributed by atoms with E-state index in [2.05, 4.69) is 4.99 Å². The minimum Gasteiger partial charge on any atom is -0.497 e.